The molecule has 0 radical (unpaired) electrons. The largest absolute Gasteiger partial charge is 0.485 e. The number of nitrogens with one attached hydrogen (secondary N) is 1. The molecule has 1 aromatic heterocycles. The van der Waals surface area contributed by atoms with Crippen LogP contribution in [0.2, 0.25) is 0 Å². The first-order valence-electron chi connectivity index (χ1n) is 10.9. The lowest BCUT2D eigenvalue weighted by atomic mass is 10.0. The molecule has 8 heteroatoms. The number of hydrogen-bond donors (Lipinski definition) is 1. The van der Waals surface area contributed by atoms with Crippen LogP contribution in [-0.4, -0.2) is 41.0 Å². The van der Waals surface area contributed by atoms with Crippen molar-refractivity contribution in [3.8, 4) is 11.5 Å². The van der Waals surface area contributed by atoms with Crippen LogP contribution in [0.4, 0.5) is 0 Å². The van der Waals surface area contributed by atoms with Crippen molar-refractivity contribution in [3.63, 3.8) is 0 Å². The molecule has 0 fully saturated rings. The van der Waals surface area contributed by atoms with Crippen LogP contribution in [-0.2, 0) is 20.9 Å². The predicted molar refractivity (Wildman–Crippen MR) is 121 cm³/mol. The number of aryl methyl sites for hydroxylation is 1. The summed E-state index contributed by atoms with van der Waals surface area (Å²) in [6.45, 7) is 6.21. The van der Waals surface area contributed by atoms with Crippen LogP contribution in [0.1, 0.15) is 35.5 Å². The van der Waals surface area contributed by atoms with Crippen molar-refractivity contribution in [2.75, 3.05) is 13.2 Å². The topological polar surface area (TPSA) is 91.7 Å². The number of para-hydroxylation sites is 2. The molecular formula is C25H27N3O5. The molecule has 172 valence electrons. The molecule has 4 rings (SSSR count). The van der Waals surface area contributed by atoms with E-state index >= 15 is 0 Å². The van der Waals surface area contributed by atoms with Gasteiger partial charge in [-0.3, -0.25) is 9.48 Å². The molecule has 2 heterocycles. The third-order valence-electron chi connectivity index (χ3n) is 5.51. The minimum absolute atomic E-state index is 0.0453. The Hall–Kier alpha value is -3.81. The Morgan fingerprint density at radius 1 is 1.12 bits per heavy atom. The van der Waals surface area contributed by atoms with Crippen LogP contribution >= 0.6 is 0 Å². The van der Waals surface area contributed by atoms with Gasteiger partial charge in [-0.1, -0.05) is 42.5 Å². The molecule has 1 aliphatic heterocycles. The molecule has 2 unspecified atom stereocenters. The minimum Gasteiger partial charge on any atom is -0.485 e. The Bertz CT molecular complexity index is 1140. The van der Waals surface area contributed by atoms with Gasteiger partial charge in [-0.05, 0) is 38.5 Å². The van der Waals surface area contributed by atoms with Gasteiger partial charge in [0.05, 0.1) is 18.8 Å². The minimum atomic E-state index is -1.01. The number of fused-ring (bicyclic) bond motifs is 1. The second kappa shape index (κ2) is 9.77. The van der Waals surface area contributed by atoms with E-state index in [4.69, 9.17) is 14.2 Å². The van der Waals surface area contributed by atoms with Crippen LogP contribution in [0.25, 0.3) is 0 Å². The Labute approximate surface area is 192 Å². The lowest BCUT2D eigenvalue weighted by Crippen LogP contribution is -2.47. The normalized spacial score (nSPS) is 15.5. The molecule has 0 aliphatic carbocycles. The Balaban J connectivity index is 1.58. The number of carbonyl (C=O) groups excluding carboxylic acids is 2. The van der Waals surface area contributed by atoms with E-state index in [-0.39, 0.29) is 13.2 Å². The third-order valence-corrected chi connectivity index (χ3v) is 5.51. The van der Waals surface area contributed by atoms with Gasteiger partial charge >= 0.3 is 5.97 Å². The van der Waals surface area contributed by atoms with Gasteiger partial charge in [-0.15, -0.1) is 0 Å². The van der Waals surface area contributed by atoms with E-state index in [2.05, 4.69) is 10.4 Å². The second-order valence-corrected chi connectivity index (χ2v) is 7.79. The molecule has 0 saturated heterocycles. The summed E-state index contributed by atoms with van der Waals surface area (Å²) >= 11 is 0. The zero-order valence-corrected chi connectivity index (χ0v) is 18.9. The maximum absolute atomic E-state index is 13.1. The monoisotopic (exact) mass is 449 g/mol. The van der Waals surface area contributed by atoms with Crippen LogP contribution in [0.15, 0.2) is 54.6 Å². The third kappa shape index (κ3) is 4.84. The first kappa shape index (κ1) is 22.4. The van der Waals surface area contributed by atoms with Gasteiger partial charge in [0.2, 0.25) is 6.10 Å². The quantitative estimate of drug-likeness (QED) is 0.558. The van der Waals surface area contributed by atoms with E-state index in [0.717, 1.165) is 11.3 Å². The fraction of sp³-hybridized carbons (Fsp3) is 0.320. The van der Waals surface area contributed by atoms with Crippen molar-refractivity contribution in [2.24, 2.45) is 0 Å². The number of carbonyl (C=O) groups is 2. The molecule has 0 saturated carbocycles. The van der Waals surface area contributed by atoms with Crippen molar-refractivity contribution in [1.29, 1.82) is 0 Å². The summed E-state index contributed by atoms with van der Waals surface area (Å²) in [5.41, 5.74) is 3.13. The van der Waals surface area contributed by atoms with E-state index < -0.39 is 24.0 Å². The molecule has 1 aliphatic rings. The van der Waals surface area contributed by atoms with E-state index in [1.807, 2.05) is 54.9 Å². The number of amides is 1. The Kier molecular flexibility index (Phi) is 6.63. The van der Waals surface area contributed by atoms with Crippen LogP contribution in [0.5, 0.6) is 11.5 Å². The summed E-state index contributed by atoms with van der Waals surface area (Å²) in [6, 6.07) is 16.0. The van der Waals surface area contributed by atoms with Gasteiger partial charge in [-0.2, -0.15) is 5.10 Å². The first-order valence-corrected chi connectivity index (χ1v) is 10.9. The maximum Gasteiger partial charge on any atom is 0.333 e. The molecule has 2 aromatic carbocycles. The highest BCUT2D eigenvalue weighted by Crippen LogP contribution is 2.31. The highest BCUT2D eigenvalue weighted by atomic mass is 16.6. The van der Waals surface area contributed by atoms with Gasteiger partial charge in [0.15, 0.2) is 17.5 Å². The van der Waals surface area contributed by atoms with E-state index in [1.165, 1.54) is 0 Å². The average molecular weight is 450 g/mol. The smallest absolute Gasteiger partial charge is 0.333 e. The van der Waals surface area contributed by atoms with Gasteiger partial charge < -0.3 is 19.5 Å². The number of benzene rings is 2. The van der Waals surface area contributed by atoms with Crippen molar-refractivity contribution in [2.45, 2.75) is 39.5 Å². The van der Waals surface area contributed by atoms with Crippen LogP contribution < -0.4 is 14.8 Å². The van der Waals surface area contributed by atoms with Gasteiger partial charge in [0.1, 0.15) is 6.61 Å². The number of rotatable bonds is 7. The summed E-state index contributed by atoms with van der Waals surface area (Å²) in [6.07, 6.45) is -0.892. The number of nitrogens with zero attached hydrogens (tertiary/aromatic N) is 2. The maximum atomic E-state index is 13.1. The molecular weight excluding hydrogens is 422 g/mol. The molecule has 8 nitrogen and oxygen atoms in total. The highest BCUT2D eigenvalue weighted by molar-refractivity contribution is 5.88. The Morgan fingerprint density at radius 2 is 1.82 bits per heavy atom. The van der Waals surface area contributed by atoms with E-state index in [9.17, 15) is 9.59 Å². The molecule has 1 amide bonds. The van der Waals surface area contributed by atoms with Crippen LogP contribution in [0, 0.1) is 13.8 Å². The fourth-order valence-corrected chi connectivity index (χ4v) is 3.90. The van der Waals surface area contributed by atoms with Crippen molar-refractivity contribution in [1.82, 2.24) is 15.1 Å². The molecule has 33 heavy (non-hydrogen) atoms. The number of aromatic nitrogens is 2. The lowest BCUT2D eigenvalue weighted by Gasteiger charge is -2.27. The molecule has 0 bridgehead atoms. The zero-order valence-electron chi connectivity index (χ0n) is 18.9. The Morgan fingerprint density at radius 3 is 2.55 bits per heavy atom. The standard InChI is InChI=1S/C25H27N3O5/c1-4-31-25(30)23(26-24(29)21-15-32-19-12-8-9-13-20(19)33-21)22-16(2)27-28(17(22)3)14-18-10-6-5-7-11-18/h5-13,21,23H,4,14-15H2,1-3H3,(H,26,29). The lowest BCUT2D eigenvalue weighted by molar-refractivity contribution is -0.149. The molecule has 3 aromatic rings. The van der Waals surface area contributed by atoms with Gasteiger partial charge in [0.25, 0.3) is 5.91 Å². The van der Waals surface area contributed by atoms with Gasteiger partial charge in [0, 0.05) is 11.3 Å². The SMILES string of the molecule is CCOC(=O)C(NC(=O)C1COc2ccccc2O1)c1c(C)nn(Cc2ccccc2)c1C. The highest BCUT2D eigenvalue weighted by Gasteiger charge is 2.34. The summed E-state index contributed by atoms with van der Waals surface area (Å²) in [7, 11) is 0. The van der Waals surface area contributed by atoms with Crippen molar-refractivity contribution < 1.29 is 23.8 Å². The average Bonchev–Trinajstić information content (AvgIpc) is 3.10. The van der Waals surface area contributed by atoms with E-state index in [1.54, 1.807) is 25.1 Å². The summed E-state index contributed by atoms with van der Waals surface area (Å²) in [5.74, 6) is 0.0580. The zero-order chi connectivity index (χ0) is 23.4. The number of ether oxygens (including phenoxy) is 3. The predicted octanol–water partition coefficient (Wildman–Crippen LogP) is 3.11. The second-order valence-electron chi connectivity index (χ2n) is 7.79. The first-order chi connectivity index (χ1) is 16.0. The van der Waals surface area contributed by atoms with Gasteiger partial charge in [-0.25, -0.2) is 4.79 Å². The summed E-state index contributed by atoms with van der Waals surface area (Å²) in [5, 5.41) is 7.43. The fourth-order valence-electron chi connectivity index (χ4n) is 3.90. The molecule has 1 N–H and O–H groups in total. The van der Waals surface area contributed by atoms with E-state index in [0.29, 0.717) is 29.3 Å². The van der Waals surface area contributed by atoms with Crippen LogP contribution in [0.3, 0.4) is 0 Å². The van der Waals surface area contributed by atoms with Crippen molar-refractivity contribution in [3.05, 3.63) is 77.1 Å². The number of esters is 1. The summed E-state index contributed by atoms with van der Waals surface area (Å²) in [4.78, 5) is 26.0. The molecule has 2 atom stereocenters. The summed E-state index contributed by atoms with van der Waals surface area (Å²) < 4.78 is 18.6. The number of hydrogen-bond acceptors (Lipinski definition) is 6. The molecule has 0 spiro atoms. The van der Waals surface area contributed by atoms with Crippen molar-refractivity contribution >= 4 is 11.9 Å².